The Bertz CT molecular complexity index is 1390. The molecule has 0 spiro atoms. The quantitative estimate of drug-likeness (QED) is 0.249. The number of fused-ring (bicyclic) bond motifs is 1. The van der Waals surface area contributed by atoms with Crippen molar-refractivity contribution in [1.29, 1.82) is 0 Å². The maximum absolute atomic E-state index is 14.1. The number of rotatable bonds is 11. The van der Waals surface area contributed by atoms with Gasteiger partial charge in [0.05, 0.1) is 11.6 Å². The molecular weight excluding hydrogens is 523 g/mol. The standard InChI is InChI=1S/C25H26ClFN4O5S/c1-15(32)20-11-30(22-8-5-17(9-19(20)22)29-14-37(35)36)13-24(34)31(18-6-7-18)12-23(33)28-10-16-3-2-4-21(26)25(16)27/h2-5,8-9,11,18,29H,6-7,10,12-14H2,1H3,(H,28,33)(H,35,36). The molecule has 1 unspecified atom stereocenters. The van der Waals surface area contributed by atoms with Crippen molar-refractivity contribution < 1.29 is 27.5 Å². The molecule has 1 aliphatic carbocycles. The molecule has 2 aromatic carbocycles. The molecule has 1 fully saturated rings. The van der Waals surface area contributed by atoms with Crippen molar-refractivity contribution in [2.24, 2.45) is 0 Å². The van der Waals surface area contributed by atoms with Gasteiger partial charge in [-0.05, 0) is 44.0 Å². The summed E-state index contributed by atoms with van der Waals surface area (Å²) in [4.78, 5) is 39.6. The molecule has 3 N–H and O–H groups in total. The molecule has 0 saturated heterocycles. The summed E-state index contributed by atoms with van der Waals surface area (Å²) >= 11 is 3.76. The summed E-state index contributed by atoms with van der Waals surface area (Å²) in [6.45, 7) is 1.12. The van der Waals surface area contributed by atoms with E-state index in [-0.39, 0.29) is 53.8 Å². The van der Waals surface area contributed by atoms with E-state index in [1.807, 2.05) is 0 Å². The Morgan fingerprint density at radius 3 is 2.68 bits per heavy atom. The van der Waals surface area contributed by atoms with Crippen LogP contribution in [0.3, 0.4) is 0 Å². The van der Waals surface area contributed by atoms with Gasteiger partial charge in [-0.3, -0.25) is 14.4 Å². The molecule has 1 atom stereocenters. The molecule has 2 amide bonds. The Morgan fingerprint density at radius 1 is 1.24 bits per heavy atom. The van der Waals surface area contributed by atoms with Gasteiger partial charge in [-0.1, -0.05) is 23.7 Å². The van der Waals surface area contributed by atoms with Crippen molar-refractivity contribution in [1.82, 2.24) is 14.8 Å². The Kier molecular flexibility index (Phi) is 8.25. The van der Waals surface area contributed by atoms with E-state index < -0.39 is 22.8 Å². The van der Waals surface area contributed by atoms with E-state index >= 15 is 0 Å². The summed E-state index contributed by atoms with van der Waals surface area (Å²) in [6.07, 6.45) is 3.18. The Hall–Kier alpha value is -3.28. The normalized spacial score (nSPS) is 13.8. The van der Waals surface area contributed by atoms with Crippen molar-refractivity contribution in [3.8, 4) is 0 Å². The summed E-state index contributed by atoms with van der Waals surface area (Å²) in [5.74, 6) is -1.65. The number of hydrogen-bond acceptors (Lipinski definition) is 5. The van der Waals surface area contributed by atoms with Crippen molar-refractivity contribution in [3.63, 3.8) is 0 Å². The summed E-state index contributed by atoms with van der Waals surface area (Å²) in [5.41, 5.74) is 1.87. The molecule has 37 heavy (non-hydrogen) atoms. The fraction of sp³-hybridized carbons (Fsp3) is 0.320. The van der Waals surface area contributed by atoms with Gasteiger partial charge in [0.1, 0.15) is 18.2 Å². The molecule has 1 saturated carbocycles. The molecule has 0 aliphatic heterocycles. The minimum Gasteiger partial charge on any atom is -0.372 e. The molecule has 0 radical (unpaired) electrons. The number of aromatic nitrogens is 1. The number of nitrogens with zero attached hydrogens (tertiary/aromatic N) is 2. The molecule has 1 aliphatic rings. The zero-order valence-electron chi connectivity index (χ0n) is 20.0. The first-order chi connectivity index (χ1) is 17.6. The molecule has 4 rings (SSSR count). The van der Waals surface area contributed by atoms with Crippen LogP contribution < -0.4 is 10.6 Å². The SMILES string of the molecule is CC(=O)c1cn(CC(=O)N(CC(=O)NCc2cccc(Cl)c2F)C2CC2)c2ccc(NCS(=O)O)cc12. The second-order valence-corrected chi connectivity index (χ2v) is 10.2. The highest BCUT2D eigenvalue weighted by Gasteiger charge is 2.34. The molecule has 1 aromatic heterocycles. The highest BCUT2D eigenvalue weighted by Crippen LogP contribution is 2.29. The van der Waals surface area contributed by atoms with Gasteiger partial charge in [0.2, 0.25) is 11.8 Å². The van der Waals surface area contributed by atoms with Crippen LogP contribution in [-0.4, -0.2) is 54.3 Å². The predicted molar refractivity (Wildman–Crippen MR) is 139 cm³/mol. The van der Waals surface area contributed by atoms with Gasteiger partial charge in [-0.15, -0.1) is 0 Å². The maximum Gasteiger partial charge on any atom is 0.243 e. The smallest absolute Gasteiger partial charge is 0.243 e. The average Bonchev–Trinajstić information content (AvgIpc) is 3.63. The molecule has 0 bridgehead atoms. The first-order valence-corrected chi connectivity index (χ1v) is 13.2. The third kappa shape index (κ3) is 6.54. The van der Waals surface area contributed by atoms with Crippen LogP contribution in [0.4, 0.5) is 10.1 Å². The van der Waals surface area contributed by atoms with Crippen LogP contribution in [0, 0.1) is 5.82 Å². The Balaban J connectivity index is 1.47. The minimum absolute atomic E-state index is 0.0308. The Morgan fingerprint density at radius 2 is 2.00 bits per heavy atom. The van der Waals surface area contributed by atoms with E-state index in [0.29, 0.717) is 22.2 Å². The fourth-order valence-electron chi connectivity index (χ4n) is 4.10. The van der Waals surface area contributed by atoms with Crippen molar-refractivity contribution in [3.05, 3.63) is 64.6 Å². The number of carbonyl (C=O) groups excluding carboxylic acids is 3. The molecule has 196 valence electrons. The molecule has 9 nitrogen and oxygen atoms in total. The van der Waals surface area contributed by atoms with E-state index in [9.17, 15) is 23.0 Å². The number of benzene rings is 2. The number of carbonyl (C=O) groups is 3. The number of Topliss-reactive ketones (excluding diaryl/α,β-unsaturated/α-hetero) is 1. The summed E-state index contributed by atoms with van der Waals surface area (Å²) in [7, 11) is 0. The second kappa shape index (κ2) is 11.4. The van der Waals surface area contributed by atoms with Crippen LogP contribution in [0.1, 0.15) is 35.7 Å². The molecule has 12 heteroatoms. The van der Waals surface area contributed by atoms with Crippen LogP contribution in [-0.2, 0) is 33.8 Å². The van der Waals surface area contributed by atoms with E-state index in [1.54, 1.807) is 35.0 Å². The summed E-state index contributed by atoms with van der Waals surface area (Å²) < 4.78 is 35.8. The lowest BCUT2D eigenvalue weighted by atomic mass is 10.1. The van der Waals surface area contributed by atoms with Crippen molar-refractivity contribution in [2.75, 3.05) is 17.7 Å². The number of amides is 2. The van der Waals surface area contributed by atoms with Gasteiger partial charge in [0, 0.05) is 46.5 Å². The van der Waals surface area contributed by atoms with Gasteiger partial charge in [-0.2, -0.15) is 0 Å². The number of hydrogen-bond donors (Lipinski definition) is 3. The zero-order chi connectivity index (χ0) is 26.7. The van der Waals surface area contributed by atoms with E-state index in [1.165, 1.54) is 24.0 Å². The van der Waals surface area contributed by atoms with E-state index in [4.69, 9.17) is 16.2 Å². The summed E-state index contributed by atoms with van der Waals surface area (Å²) in [5, 5.41) is 6.04. The predicted octanol–water partition coefficient (Wildman–Crippen LogP) is 3.53. The fourth-order valence-corrected chi connectivity index (χ4v) is 4.58. The van der Waals surface area contributed by atoms with Gasteiger partial charge >= 0.3 is 0 Å². The first kappa shape index (κ1) is 26.8. The molecule has 1 heterocycles. The van der Waals surface area contributed by atoms with Gasteiger partial charge in [0.25, 0.3) is 0 Å². The van der Waals surface area contributed by atoms with Crippen LogP contribution >= 0.6 is 11.6 Å². The highest BCUT2D eigenvalue weighted by molar-refractivity contribution is 7.79. The van der Waals surface area contributed by atoms with Gasteiger partial charge in [0.15, 0.2) is 16.9 Å². The van der Waals surface area contributed by atoms with E-state index in [0.717, 1.165) is 12.8 Å². The first-order valence-electron chi connectivity index (χ1n) is 11.6. The highest BCUT2D eigenvalue weighted by atomic mass is 35.5. The monoisotopic (exact) mass is 548 g/mol. The van der Waals surface area contributed by atoms with Crippen LogP contribution in [0.15, 0.2) is 42.6 Å². The lowest BCUT2D eigenvalue weighted by molar-refractivity contribution is -0.137. The third-order valence-corrected chi connectivity index (χ3v) is 6.78. The van der Waals surface area contributed by atoms with Crippen LogP contribution in [0.5, 0.6) is 0 Å². The number of anilines is 1. The topological polar surface area (TPSA) is 121 Å². The largest absolute Gasteiger partial charge is 0.372 e. The number of nitrogens with one attached hydrogen (secondary N) is 2. The third-order valence-electron chi connectivity index (χ3n) is 6.10. The van der Waals surface area contributed by atoms with Crippen LogP contribution in [0.2, 0.25) is 5.02 Å². The second-order valence-electron chi connectivity index (χ2n) is 8.84. The Labute approximate surface area is 220 Å². The lowest BCUT2D eigenvalue weighted by Crippen LogP contribution is -2.43. The van der Waals surface area contributed by atoms with Gasteiger partial charge in [-0.25, -0.2) is 8.60 Å². The van der Waals surface area contributed by atoms with Gasteiger partial charge < -0.3 is 24.7 Å². The molecular formula is C25H26ClFN4O5S. The zero-order valence-corrected chi connectivity index (χ0v) is 21.6. The van der Waals surface area contributed by atoms with Crippen molar-refractivity contribution in [2.45, 2.75) is 38.9 Å². The number of halogens is 2. The maximum atomic E-state index is 14.1. The summed E-state index contributed by atoms with van der Waals surface area (Å²) in [6, 6.07) is 9.61. The minimum atomic E-state index is -2.03. The lowest BCUT2D eigenvalue weighted by Gasteiger charge is -2.22. The molecule has 3 aromatic rings. The van der Waals surface area contributed by atoms with Crippen LogP contribution in [0.25, 0.3) is 10.9 Å². The van der Waals surface area contributed by atoms with Crippen molar-refractivity contribution >= 4 is 56.9 Å². The van der Waals surface area contributed by atoms with E-state index in [2.05, 4.69) is 10.6 Å². The average molecular weight is 549 g/mol. The number of ketones is 1.